The van der Waals surface area contributed by atoms with E-state index in [4.69, 9.17) is 15.9 Å². The zero-order valence-electron chi connectivity index (χ0n) is 19.1. The molecule has 35 heavy (non-hydrogen) atoms. The minimum absolute atomic E-state index is 0.0572. The van der Waals surface area contributed by atoms with Crippen LogP contribution in [0.3, 0.4) is 0 Å². The highest BCUT2D eigenvalue weighted by atomic mass is 19.4. The van der Waals surface area contributed by atoms with Crippen LogP contribution in [0.4, 0.5) is 30.4 Å². The van der Waals surface area contributed by atoms with Gasteiger partial charge in [0.25, 0.3) is 0 Å². The summed E-state index contributed by atoms with van der Waals surface area (Å²) in [5.41, 5.74) is 5.78. The van der Waals surface area contributed by atoms with Crippen LogP contribution in [0.1, 0.15) is 49.0 Å². The summed E-state index contributed by atoms with van der Waals surface area (Å²) in [6, 6.07) is 1.23. The van der Waals surface area contributed by atoms with Gasteiger partial charge in [0.05, 0.1) is 40.4 Å². The number of nitrogens with one attached hydrogen (secondary N) is 3. The van der Waals surface area contributed by atoms with E-state index < -0.39 is 29.6 Å². The minimum atomic E-state index is -4.53. The largest absolute Gasteiger partial charge is 0.417 e. The van der Waals surface area contributed by atoms with Crippen molar-refractivity contribution in [2.45, 2.75) is 44.6 Å². The Balaban J connectivity index is 1.77. The van der Waals surface area contributed by atoms with E-state index in [0.717, 1.165) is 36.1 Å². The minimum Gasteiger partial charge on any atom is -0.383 e. The van der Waals surface area contributed by atoms with Gasteiger partial charge in [-0.1, -0.05) is 0 Å². The highest BCUT2D eigenvalue weighted by molar-refractivity contribution is 6.40. The highest BCUT2D eigenvalue weighted by Gasteiger charge is 2.32. The molecule has 10 nitrogen and oxygen atoms in total. The summed E-state index contributed by atoms with van der Waals surface area (Å²) in [7, 11) is 1.34. The van der Waals surface area contributed by atoms with Crippen molar-refractivity contribution in [3.8, 4) is 0 Å². The SMILES string of the molecule is CC(c1ccc(C(F)(F)F)cn1)N(C)C(=O)C(=O)Nc1cnc(N)c(C=N)c1NC1CCCCO1. The van der Waals surface area contributed by atoms with Gasteiger partial charge in [0, 0.05) is 26.1 Å². The molecule has 2 aromatic heterocycles. The molecule has 0 aliphatic carbocycles. The fourth-order valence-electron chi connectivity index (χ4n) is 3.48. The maximum absolute atomic E-state index is 12.8. The van der Waals surface area contributed by atoms with Gasteiger partial charge in [0.15, 0.2) is 0 Å². The van der Waals surface area contributed by atoms with Gasteiger partial charge in [-0.25, -0.2) is 4.98 Å². The molecule has 2 unspecified atom stereocenters. The fourth-order valence-corrected chi connectivity index (χ4v) is 3.48. The second-order valence-electron chi connectivity index (χ2n) is 8.01. The van der Waals surface area contributed by atoms with Crippen molar-refractivity contribution in [2.75, 3.05) is 30.0 Å². The second kappa shape index (κ2) is 10.7. The number of nitrogen functional groups attached to an aromatic ring is 1. The third-order valence-corrected chi connectivity index (χ3v) is 5.66. The van der Waals surface area contributed by atoms with E-state index in [0.29, 0.717) is 24.9 Å². The Hall–Kier alpha value is -3.74. The Morgan fingerprint density at radius 1 is 1.29 bits per heavy atom. The lowest BCUT2D eigenvalue weighted by Crippen LogP contribution is -2.39. The van der Waals surface area contributed by atoms with Gasteiger partial charge in [-0.2, -0.15) is 13.2 Å². The van der Waals surface area contributed by atoms with Gasteiger partial charge in [-0.05, 0) is 38.3 Å². The number of nitrogens with two attached hydrogens (primary N) is 1. The molecule has 1 aliphatic rings. The molecule has 188 valence electrons. The molecule has 0 radical (unpaired) electrons. The van der Waals surface area contributed by atoms with E-state index in [9.17, 15) is 22.8 Å². The van der Waals surface area contributed by atoms with Crippen LogP contribution in [-0.2, 0) is 20.5 Å². The van der Waals surface area contributed by atoms with Gasteiger partial charge in [-0.15, -0.1) is 0 Å². The van der Waals surface area contributed by atoms with Gasteiger partial charge in [0.1, 0.15) is 12.0 Å². The van der Waals surface area contributed by atoms with Crippen LogP contribution >= 0.6 is 0 Å². The van der Waals surface area contributed by atoms with Gasteiger partial charge in [-0.3, -0.25) is 14.6 Å². The van der Waals surface area contributed by atoms with E-state index >= 15 is 0 Å². The molecule has 3 heterocycles. The predicted molar refractivity (Wildman–Crippen MR) is 123 cm³/mol. The first-order chi connectivity index (χ1) is 16.5. The van der Waals surface area contributed by atoms with Crippen molar-refractivity contribution >= 4 is 35.2 Å². The molecule has 0 bridgehead atoms. The first kappa shape index (κ1) is 25.9. The predicted octanol–water partition coefficient (Wildman–Crippen LogP) is 3.17. The quantitative estimate of drug-likeness (QED) is 0.357. The lowest BCUT2D eigenvalue weighted by molar-refractivity contribution is -0.143. The first-order valence-electron chi connectivity index (χ1n) is 10.8. The summed E-state index contributed by atoms with van der Waals surface area (Å²) in [6.45, 7) is 2.09. The molecule has 5 N–H and O–H groups in total. The lowest BCUT2D eigenvalue weighted by atomic mass is 10.1. The number of alkyl halides is 3. The van der Waals surface area contributed by atoms with Crippen LogP contribution < -0.4 is 16.4 Å². The molecule has 0 spiro atoms. The van der Waals surface area contributed by atoms with Crippen molar-refractivity contribution < 1.29 is 27.5 Å². The van der Waals surface area contributed by atoms with E-state index in [1.165, 1.54) is 20.2 Å². The van der Waals surface area contributed by atoms with Crippen LogP contribution in [0.5, 0.6) is 0 Å². The van der Waals surface area contributed by atoms with E-state index in [1.54, 1.807) is 0 Å². The number of carbonyl (C=O) groups is 2. The van der Waals surface area contributed by atoms with Crippen LogP contribution in [0.25, 0.3) is 0 Å². The number of carbonyl (C=O) groups excluding carboxylic acids is 2. The third-order valence-electron chi connectivity index (χ3n) is 5.66. The topological polar surface area (TPSA) is 146 Å². The number of amides is 2. The second-order valence-corrected chi connectivity index (χ2v) is 8.01. The Kier molecular flexibility index (Phi) is 7.89. The summed E-state index contributed by atoms with van der Waals surface area (Å²) in [5, 5.41) is 13.3. The molecule has 13 heteroatoms. The number of halogens is 3. The summed E-state index contributed by atoms with van der Waals surface area (Å²) in [6.07, 6.45) is 0.566. The van der Waals surface area contributed by atoms with Crippen molar-refractivity contribution in [2.24, 2.45) is 0 Å². The highest BCUT2D eigenvalue weighted by Crippen LogP contribution is 2.31. The van der Waals surface area contributed by atoms with Crippen molar-refractivity contribution in [1.82, 2.24) is 14.9 Å². The van der Waals surface area contributed by atoms with Crippen molar-refractivity contribution in [1.29, 1.82) is 5.41 Å². The molecule has 2 aromatic rings. The Morgan fingerprint density at radius 3 is 2.60 bits per heavy atom. The molecule has 1 aliphatic heterocycles. The monoisotopic (exact) mass is 493 g/mol. The molecule has 2 amide bonds. The standard InChI is InChI=1S/C22H26F3N7O3/c1-12(15-7-6-13(10-28-15)22(23,24)25)32(2)21(34)20(33)30-16-11-29-19(27)14(9-26)18(16)31-17-5-3-4-8-35-17/h6-7,9-12,17,26H,3-5,8H2,1-2H3,(H,30,33)(H3,27,29,31). The molecule has 1 saturated heterocycles. The Morgan fingerprint density at radius 2 is 2.03 bits per heavy atom. The third kappa shape index (κ3) is 6.04. The number of anilines is 3. The average Bonchev–Trinajstić information content (AvgIpc) is 2.84. The Labute approximate surface area is 199 Å². The molecule has 0 aromatic carbocycles. The molecule has 1 fully saturated rings. The molecular formula is C22H26F3N7O3. The van der Waals surface area contributed by atoms with Gasteiger partial charge in [0.2, 0.25) is 0 Å². The van der Waals surface area contributed by atoms with Crippen LogP contribution in [0, 0.1) is 5.41 Å². The number of aromatic nitrogens is 2. The van der Waals surface area contributed by atoms with E-state index in [-0.39, 0.29) is 29.0 Å². The molecule has 3 rings (SSSR count). The summed E-state index contributed by atoms with van der Waals surface area (Å²) < 4.78 is 44.0. The smallest absolute Gasteiger partial charge is 0.383 e. The van der Waals surface area contributed by atoms with Gasteiger partial charge < -0.3 is 31.4 Å². The summed E-state index contributed by atoms with van der Waals surface area (Å²) in [5.74, 6) is -1.91. The lowest BCUT2D eigenvalue weighted by Gasteiger charge is -2.27. The number of nitrogens with zero attached hydrogens (tertiary/aromatic N) is 3. The zero-order valence-corrected chi connectivity index (χ0v) is 19.1. The van der Waals surface area contributed by atoms with Crippen LogP contribution in [0.2, 0.25) is 0 Å². The number of rotatable bonds is 6. The maximum atomic E-state index is 12.8. The molecular weight excluding hydrogens is 467 g/mol. The van der Waals surface area contributed by atoms with Crippen LogP contribution in [-0.4, -0.2) is 52.8 Å². The summed E-state index contributed by atoms with van der Waals surface area (Å²) in [4.78, 5) is 34.4. The van der Waals surface area contributed by atoms with Crippen LogP contribution in [0.15, 0.2) is 24.5 Å². The Bertz CT molecular complexity index is 1090. The number of ether oxygens (including phenoxy) is 1. The summed E-state index contributed by atoms with van der Waals surface area (Å²) >= 11 is 0. The normalized spacial score (nSPS) is 16.8. The number of likely N-dealkylation sites (N-methyl/N-ethyl adjacent to an activating group) is 1. The molecule has 2 atom stereocenters. The van der Waals surface area contributed by atoms with E-state index in [1.807, 2.05) is 0 Å². The van der Waals surface area contributed by atoms with Crippen molar-refractivity contribution in [3.63, 3.8) is 0 Å². The number of hydrogen-bond acceptors (Lipinski definition) is 8. The van der Waals surface area contributed by atoms with Crippen molar-refractivity contribution in [3.05, 3.63) is 41.3 Å². The average molecular weight is 493 g/mol. The first-order valence-corrected chi connectivity index (χ1v) is 10.8. The zero-order chi connectivity index (χ0) is 25.8. The van der Waals surface area contributed by atoms with E-state index in [2.05, 4.69) is 20.6 Å². The molecule has 0 saturated carbocycles. The number of hydrogen-bond donors (Lipinski definition) is 4. The number of pyridine rings is 2. The van der Waals surface area contributed by atoms with Gasteiger partial charge >= 0.3 is 18.0 Å². The maximum Gasteiger partial charge on any atom is 0.417 e. The fraction of sp³-hybridized carbons (Fsp3) is 0.409.